The fourth-order valence-electron chi connectivity index (χ4n) is 1.62. The molecule has 0 bridgehead atoms. The van der Waals surface area contributed by atoms with Crippen molar-refractivity contribution in [2.45, 2.75) is 32.1 Å². The minimum atomic E-state index is 0.352. The Morgan fingerprint density at radius 2 is 2.50 bits per heavy atom. The normalized spacial score (nSPS) is 23.4. The summed E-state index contributed by atoms with van der Waals surface area (Å²) >= 11 is 0. The smallest absolute Gasteiger partial charge is 0.0462 e. The molecule has 12 heavy (non-hydrogen) atoms. The van der Waals surface area contributed by atoms with E-state index in [-0.39, 0.29) is 0 Å². The molecule has 0 heterocycles. The molecule has 1 atom stereocenters. The van der Waals surface area contributed by atoms with Crippen molar-refractivity contribution in [2.24, 2.45) is 5.92 Å². The van der Waals surface area contributed by atoms with Crippen molar-refractivity contribution < 1.29 is 5.11 Å². The van der Waals surface area contributed by atoms with Crippen molar-refractivity contribution in [2.75, 3.05) is 6.61 Å². The van der Waals surface area contributed by atoms with Crippen LogP contribution in [-0.2, 0) is 0 Å². The Balaban J connectivity index is 2.29. The standard InChI is InChI=1S/C11H18O/c1-2-3-4-10-5-7-11(9-12)8-6-10/h2,5,11-12H,1,3-4,6-9H2. The first-order valence-corrected chi connectivity index (χ1v) is 4.76. The molecule has 1 aliphatic carbocycles. The van der Waals surface area contributed by atoms with Crippen LogP contribution in [0.15, 0.2) is 24.3 Å². The van der Waals surface area contributed by atoms with E-state index in [4.69, 9.17) is 5.11 Å². The molecular weight excluding hydrogens is 148 g/mol. The highest BCUT2D eigenvalue weighted by atomic mass is 16.3. The summed E-state index contributed by atoms with van der Waals surface area (Å²) in [5.74, 6) is 0.525. The van der Waals surface area contributed by atoms with Gasteiger partial charge in [-0.3, -0.25) is 0 Å². The number of rotatable bonds is 4. The van der Waals surface area contributed by atoms with Gasteiger partial charge in [-0.05, 0) is 38.0 Å². The number of aliphatic hydroxyl groups excluding tert-OH is 1. The topological polar surface area (TPSA) is 20.2 Å². The van der Waals surface area contributed by atoms with Gasteiger partial charge in [-0.25, -0.2) is 0 Å². The van der Waals surface area contributed by atoms with Crippen molar-refractivity contribution in [3.8, 4) is 0 Å². The Morgan fingerprint density at radius 3 is 3.00 bits per heavy atom. The van der Waals surface area contributed by atoms with Gasteiger partial charge in [0.15, 0.2) is 0 Å². The van der Waals surface area contributed by atoms with E-state index in [1.165, 1.54) is 19.3 Å². The number of hydrogen-bond donors (Lipinski definition) is 1. The maximum Gasteiger partial charge on any atom is 0.0462 e. The Hall–Kier alpha value is -0.560. The van der Waals surface area contributed by atoms with Crippen LogP contribution < -0.4 is 0 Å². The molecule has 1 aliphatic rings. The van der Waals surface area contributed by atoms with Gasteiger partial charge >= 0.3 is 0 Å². The molecule has 0 fully saturated rings. The number of aliphatic hydroxyl groups is 1. The molecular formula is C11H18O. The van der Waals surface area contributed by atoms with Crippen LogP contribution in [0, 0.1) is 5.92 Å². The second-order valence-electron chi connectivity index (χ2n) is 3.51. The third-order valence-corrected chi connectivity index (χ3v) is 2.54. The van der Waals surface area contributed by atoms with Crippen molar-refractivity contribution in [3.63, 3.8) is 0 Å². The molecule has 1 unspecified atom stereocenters. The summed E-state index contributed by atoms with van der Waals surface area (Å²) in [4.78, 5) is 0. The number of hydrogen-bond acceptors (Lipinski definition) is 1. The summed E-state index contributed by atoms with van der Waals surface area (Å²) in [6.07, 6.45) is 9.95. The average Bonchev–Trinajstić information content (AvgIpc) is 2.15. The lowest BCUT2D eigenvalue weighted by molar-refractivity contribution is 0.215. The molecule has 68 valence electrons. The molecule has 1 nitrogen and oxygen atoms in total. The molecule has 0 amide bonds. The summed E-state index contributed by atoms with van der Waals surface area (Å²) in [7, 11) is 0. The largest absolute Gasteiger partial charge is 0.396 e. The molecule has 0 saturated heterocycles. The number of allylic oxidation sites excluding steroid dienone is 3. The monoisotopic (exact) mass is 166 g/mol. The van der Waals surface area contributed by atoms with E-state index in [0.29, 0.717) is 12.5 Å². The van der Waals surface area contributed by atoms with E-state index in [0.717, 1.165) is 12.8 Å². The Labute approximate surface area is 74.8 Å². The van der Waals surface area contributed by atoms with Crippen molar-refractivity contribution in [3.05, 3.63) is 24.3 Å². The molecule has 1 rings (SSSR count). The fraction of sp³-hybridized carbons (Fsp3) is 0.636. The van der Waals surface area contributed by atoms with Gasteiger partial charge in [-0.1, -0.05) is 17.7 Å². The quantitative estimate of drug-likeness (QED) is 0.637. The van der Waals surface area contributed by atoms with Crippen LogP contribution in [0.25, 0.3) is 0 Å². The molecule has 0 aliphatic heterocycles. The van der Waals surface area contributed by atoms with Crippen LogP contribution in [0.1, 0.15) is 32.1 Å². The lowest BCUT2D eigenvalue weighted by Gasteiger charge is -2.19. The summed E-state index contributed by atoms with van der Waals surface area (Å²) in [6.45, 7) is 4.06. The maximum atomic E-state index is 8.91. The van der Waals surface area contributed by atoms with Gasteiger partial charge in [0.05, 0.1) is 0 Å². The van der Waals surface area contributed by atoms with Gasteiger partial charge in [-0.15, -0.1) is 6.58 Å². The van der Waals surface area contributed by atoms with E-state index >= 15 is 0 Å². The minimum Gasteiger partial charge on any atom is -0.396 e. The molecule has 0 saturated carbocycles. The summed E-state index contributed by atoms with van der Waals surface area (Å²) in [5, 5.41) is 8.91. The Morgan fingerprint density at radius 1 is 1.67 bits per heavy atom. The molecule has 0 radical (unpaired) electrons. The van der Waals surface area contributed by atoms with Gasteiger partial charge in [0, 0.05) is 6.61 Å². The average molecular weight is 166 g/mol. The third kappa shape index (κ3) is 2.82. The van der Waals surface area contributed by atoms with Gasteiger partial charge in [0.2, 0.25) is 0 Å². The highest BCUT2D eigenvalue weighted by Gasteiger charge is 2.12. The molecule has 0 aromatic carbocycles. The van der Waals surface area contributed by atoms with Crippen LogP contribution >= 0.6 is 0 Å². The van der Waals surface area contributed by atoms with Gasteiger partial charge in [0.25, 0.3) is 0 Å². The van der Waals surface area contributed by atoms with Gasteiger partial charge in [0.1, 0.15) is 0 Å². The van der Waals surface area contributed by atoms with Crippen LogP contribution in [-0.4, -0.2) is 11.7 Å². The molecule has 1 heteroatoms. The lowest BCUT2D eigenvalue weighted by Crippen LogP contribution is -2.09. The lowest BCUT2D eigenvalue weighted by atomic mass is 9.88. The Bertz CT molecular complexity index is 170. The minimum absolute atomic E-state index is 0.352. The maximum absolute atomic E-state index is 8.91. The zero-order chi connectivity index (χ0) is 8.81. The molecule has 0 aromatic heterocycles. The van der Waals surface area contributed by atoms with E-state index in [2.05, 4.69) is 12.7 Å². The predicted octanol–water partition coefficient (Wildman–Crippen LogP) is 2.67. The van der Waals surface area contributed by atoms with E-state index in [9.17, 15) is 0 Å². The first-order valence-electron chi connectivity index (χ1n) is 4.76. The zero-order valence-electron chi connectivity index (χ0n) is 7.63. The second kappa shape index (κ2) is 5.15. The van der Waals surface area contributed by atoms with Crippen LogP contribution in [0.2, 0.25) is 0 Å². The van der Waals surface area contributed by atoms with Crippen LogP contribution in [0.3, 0.4) is 0 Å². The van der Waals surface area contributed by atoms with Crippen molar-refractivity contribution in [1.29, 1.82) is 0 Å². The fourth-order valence-corrected chi connectivity index (χ4v) is 1.62. The van der Waals surface area contributed by atoms with Gasteiger partial charge < -0.3 is 5.11 Å². The van der Waals surface area contributed by atoms with Crippen molar-refractivity contribution >= 4 is 0 Å². The Kier molecular flexibility index (Phi) is 4.09. The SMILES string of the molecule is C=CCCC1=CCC(CO)CC1. The second-order valence-corrected chi connectivity index (χ2v) is 3.51. The summed E-state index contributed by atoms with van der Waals surface area (Å²) < 4.78 is 0. The van der Waals surface area contributed by atoms with E-state index in [1.807, 2.05) is 6.08 Å². The summed E-state index contributed by atoms with van der Waals surface area (Å²) in [5.41, 5.74) is 1.56. The predicted molar refractivity (Wildman–Crippen MR) is 51.9 cm³/mol. The molecule has 0 aromatic rings. The molecule has 1 N–H and O–H groups in total. The van der Waals surface area contributed by atoms with Crippen molar-refractivity contribution in [1.82, 2.24) is 0 Å². The highest BCUT2D eigenvalue weighted by molar-refractivity contribution is 5.07. The van der Waals surface area contributed by atoms with Crippen LogP contribution in [0.5, 0.6) is 0 Å². The van der Waals surface area contributed by atoms with Gasteiger partial charge in [-0.2, -0.15) is 0 Å². The van der Waals surface area contributed by atoms with Crippen LogP contribution in [0.4, 0.5) is 0 Å². The van der Waals surface area contributed by atoms with E-state index < -0.39 is 0 Å². The first-order chi connectivity index (χ1) is 5.86. The zero-order valence-corrected chi connectivity index (χ0v) is 7.63. The third-order valence-electron chi connectivity index (χ3n) is 2.54. The van der Waals surface area contributed by atoms with E-state index in [1.54, 1.807) is 5.57 Å². The first kappa shape index (κ1) is 9.53. The summed E-state index contributed by atoms with van der Waals surface area (Å²) in [6, 6.07) is 0. The highest BCUT2D eigenvalue weighted by Crippen LogP contribution is 2.25. The molecule has 0 spiro atoms.